The summed E-state index contributed by atoms with van der Waals surface area (Å²) >= 11 is 3.88. The van der Waals surface area contributed by atoms with Crippen molar-refractivity contribution in [3.8, 4) is 0 Å². The van der Waals surface area contributed by atoms with Gasteiger partial charge in [-0.2, -0.15) is 12.6 Å². The fraction of sp³-hybridized carbons (Fsp3) is 0.389. The number of carboxylic acids is 2. The first kappa shape index (κ1) is 24.9. The quantitative estimate of drug-likeness (QED) is 0.184. The monoisotopic (exact) mass is 440 g/mol. The maximum absolute atomic E-state index is 12.6. The maximum Gasteiger partial charge on any atom is 0.327 e. The van der Waals surface area contributed by atoms with E-state index in [0.29, 0.717) is 5.56 Å². The Balaban J connectivity index is 3.05. The second kappa shape index (κ2) is 12.4. The number of hydrogen-bond donors (Lipinski definition) is 7. The minimum atomic E-state index is -1.47. The number of benzene rings is 1. The van der Waals surface area contributed by atoms with Crippen LogP contribution >= 0.6 is 12.6 Å². The number of amides is 3. The van der Waals surface area contributed by atoms with Crippen LogP contribution in [0.2, 0.25) is 0 Å². The highest BCUT2D eigenvalue weighted by molar-refractivity contribution is 7.80. The van der Waals surface area contributed by atoms with E-state index in [9.17, 15) is 24.0 Å². The first-order valence-electron chi connectivity index (χ1n) is 8.87. The van der Waals surface area contributed by atoms with Crippen molar-refractivity contribution in [2.24, 2.45) is 5.73 Å². The van der Waals surface area contributed by atoms with Gasteiger partial charge in [-0.1, -0.05) is 30.3 Å². The van der Waals surface area contributed by atoms with Gasteiger partial charge in [-0.15, -0.1) is 0 Å². The predicted molar refractivity (Wildman–Crippen MR) is 109 cm³/mol. The van der Waals surface area contributed by atoms with Gasteiger partial charge in [0.2, 0.25) is 17.7 Å². The SMILES string of the molecule is NCC(=O)NC(CC(=O)O)C(=O)NC(Cc1ccccc1)C(=O)NC(CS)C(=O)O. The third kappa shape index (κ3) is 8.49. The topological polar surface area (TPSA) is 188 Å². The molecule has 164 valence electrons. The zero-order chi connectivity index (χ0) is 22.7. The van der Waals surface area contributed by atoms with Crippen LogP contribution in [0.25, 0.3) is 0 Å². The number of thiol groups is 1. The summed E-state index contributed by atoms with van der Waals surface area (Å²) < 4.78 is 0. The summed E-state index contributed by atoms with van der Waals surface area (Å²) in [5.74, 6) is -5.30. The summed E-state index contributed by atoms with van der Waals surface area (Å²) in [6, 6.07) is 4.60. The Hall–Kier alpha value is -3.12. The molecule has 0 aliphatic rings. The zero-order valence-electron chi connectivity index (χ0n) is 15.9. The van der Waals surface area contributed by atoms with Gasteiger partial charge in [0.1, 0.15) is 18.1 Å². The van der Waals surface area contributed by atoms with Crippen LogP contribution < -0.4 is 21.7 Å². The van der Waals surface area contributed by atoms with Crippen LogP contribution in [0.1, 0.15) is 12.0 Å². The molecule has 1 aromatic carbocycles. The third-order valence-corrected chi connectivity index (χ3v) is 4.29. The molecule has 0 aromatic heterocycles. The second-order valence-electron chi connectivity index (χ2n) is 6.25. The highest BCUT2D eigenvalue weighted by Crippen LogP contribution is 2.06. The van der Waals surface area contributed by atoms with Gasteiger partial charge in [-0.25, -0.2) is 4.79 Å². The molecule has 7 N–H and O–H groups in total. The van der Waals surface area contributed by atoms with Crippen molar-refractivity contribution < 1.29 is 34.2 Å². The van der Waals surface area contributed by atoms with E-state index >= 15 is 0 Å². The van der Waals surface area contributed by atoms with E-state index in [-0.39, 0.29) is 12.2 Å². The average molecular weight is 440 g/mol. The van der Waals surface area contributed by atoms with E-state index in [2.05, 4.69) is 28.6 Å². The van der Waals surface area contributed by atoms with Crippen LogP contribution in [-0.4, -0.2) is 70.3 Å². The van der Waals surface area contributed by atoms with E-state index in [4.69, 9.17) is 15.9 Å². The molecular weight excluding hydrogens is 416 g/mol. The van der Waals surface area contributed by atoms with Crippen LogP contribution in [0.5, 0.6) is 0 Å². The molecule has 0 saturated heterocycles. The number of carbonyl (C=O) groups excluding carboxylic acids is 3. The number of aliphatic carboxylic acids is 2. The van der Waals surface area contributed by atoms with Gasteiger partial charge in [0.15, 0.2) is 0 Å². The van der Waals surface area contributed by atoms with E-state index < -0.39 is 60.8 Å². The van der Waals surface area contributed by atoms with Crippen molar-refractivity contribution in [1.29, 1.82) is 0 Å². The first-order chi connectivity index (χ1) is 14.2. The van der Waals surface area contributed by atoms with Crippen molar-refractivity contribution in [3.05, 3.63) is 35.9 Å². The van der Waals surface area contributed by atoms with Gasteiger partial charge in [0, 0.05) is 12.2 Å². The van der Waals surface area contributed by atoms with Crippen LogP contribution in [-0.2, 0) is 30.4 Å². The molecule has 1 rings (SSSR count). The third-order valence-electron chi connectivity index (χ3n) is 3.93. The van der Waals surface area contributed by atoms with E-state index in [1.54, 1.807) is 30.3 Å². The normalized spacial score (nSPS) is 13.4. The minimum Gasteiger partial charge on any atom is -0.481 e. The zero-order valence-corrected chi connectivity index (χ0v) is 16.8. The highest BCUT2D eigenvalue weighted by atomic mass is 32.1. The Bertz CT molecular complexity index is 775. The van der Waals surface area contributed by atoms with Gasteiger partial charge < -0.3 is 31.9 Å². The molecule has 0 bridgehead atoms. The van der Waals surface area contributed by atoms with Crippen molar-refractivity contribution in [2.45, 2.75) is 31.0 Å². The molecule has 0 heterocycles. The molecule has 12 heteroatoms. The van der Waals surface area contributed by atoms with Crippen molar-refractivity contribution in [1.82, 2.24) is 16.0 Å². The minimum absolute atomic E-state index is 0.00194. The molecule has 30 heavy (non-hydrogen) atoms. The van der Waals surface area contributed by atoms with E-state index in [1.807, 2.05) is 0 Å². The van der Waals surface area contributed by atoms with Gasteiger partial charge in [-0.3, -0.25) is 19.2 Å². The first-order valence-corrected chi connectivity index (χ1v) is 9.50. The number of hydrogen-bond acceptors (Lipinski definition) is 7. The Morgan fingerprint density at radius 2 is 1.47 bits per heavy atom. The van der Waals surface area contributed by atoms with Crippen LogP contribution in [0.15, 0.2) is 30.3 Å². The lowest BCUT2D eigenvalue weighted by Gasteiger charge is -2.23. The molecule has 3 atom stereocenters. The van der Waals surface area contributed by atoms with Gasteiger partial charge in [-0.05, 0) is 5.56 Å². The molecule has 0 spiro atoms. The van der Waals surface area contributed by atoms with Gasteiger partial charge in [0.05, 0.1) is 13.0 Å². The largest absolute Gasteiger partial charge is 0.481 e. The highest BCUT2D eigenvalue weighted by Gasteiger charge is 2.30. The summed E-state index contributed by atoms with van der Waals surface area (Å²) in [6.07, 6.45) is -0.729. The van der Waals surface area contributed by atoms with Gasteiger partial charge >= 0.3 is 11.9 Å². The summed E-state index contributed by atoms with van der Waals surface area (Å²) in [5, 5.41) is 24.9. The standard InChI is InChI=1S/C18H24N4O7S/c19-8-14(23)20-12(7-15(24)25)17(27)21-11(6-10-4-2-1-3-5-10)16(26)22-13(9-30)18(28)29/h1-5,11-13,30H,6-9,19H2,(H,20,23)(H,21,27)(H,22,26)(H,24,25)(H,28,29). The number of carboxylic acid groups (broad SMARTS) is 2. The fourth-order valence-electron chi connectivity index (χ4n) is 2.43. The summed E-state index contributed by atoms with van der Waals surface area (Å²) in [5.41, 5.74) is 5.85. The lowest BCUT2D eigenvalue weighted by atomic mass is 10.0. The Morgan fingerprint density at radius 1 is 0.900 bits per heavy atom. The summed E-state index contributed by atoms with van der Waals surface area (Å²) in [7, 11) is 0. The fourth-order valence-corrected chi connectivity index (χ4v) is 2.67. The Kier molecular flexibility index (Phi) is 10.3. The van der Waals surface area contributed by atoms with Crippen molar-refractivity contribution >= 4 is 42.3 Å². The van der Waals surface area contributed by atoms with Crippen molar-refractivity contribution in [2.75, 3.05) is 12.3 Å². The van der Waals surface area contributed by atoms with Crippen LogP contribution in [0.3, 0.4) is 0 Å². The van der Waals surface area contributed by atoms with E-state index in [1.165, 1.54) is 0 Å². The molecule has 3 amide bonds. The maximum atomic E-state index is 12.6. The average Bonchev–Trinajstić information content (AvgIpc) is 2.70. The smallest absolute Gasteiger partial charge is 0.327 e. The van der Waals surface area contributed by atoms with E-state index in [0.717, 1.165) is 0 Å². The molecule has 0 aliphatic carbocycles. The molecule has 1 aromatic rings. The Morgan fingerprint density at radius 3 is 1.97 bits per heavy atom. The number of nitrogens with two attached hydrogens (primary N) is 1. The molecular formula is C18H24N4O7S. The lowest BCUT2D eigenvalue weighted by molar-refractivity contribution is -0.142. The number of nitrogens with one attached hydrogen (secondary N) is 3. The second-order valence-corrected chi connectivity index (χ2v) is 6.62. The predicted octanol–water partition coefficient (Wildman–Crippen LogP) is -1.87. The molecule has 0 saturated carbocycles. The Labute approximate surface area is 177 Å². The summed E-state index contributed by atoms with van der Waals surface area (Å²) in [6.45, 7) is -0.459. The van der Waals surface area contributed by atoms with Crippen LogP contribution in [0.4, 0.5) is 0 Å². The summed E-state index contributed by atoms with van der Waals surface area (Å²) in [4.78, 5) is 58.9. The van der Waals surface area contributed by atoms with Gasteiger partial charge in [0.25, 0.3) is 0 Å². The number of rotatable bonds is 12. The molecule has 3 unspecified atom stereocenters. The molecule has 11 nitrogen and oxygen atoms in total. The lowest BCUT2D eigenvalue weighted by Crippen LogP contribution is -2.57. The molecule has 0 radical (unpaired) electrons. The molecule has 0 fully saturated rings. The number of carbonyl (C=O) groups is 5. The van der Waals surface area contributed by atoms with Crippen LogP contribution in [0, 0.1) is 0 Å². The van der Waals surface area contributed by atoms with Crippen molar-refractivity contribution in [3.63, 3.8) is 0 Å². The molecule has 0 aliphatic heterocycles.